The maximum atomic E-state index is 12.2. The Bertz CT molecular complexity index is 865. The number of hydrogen-bond donors (Lipinski definition) is 1. The third-order valence-electron chi connectivity index (χ3n) is 3.06. The third kappa shape index (κ3) is 5.45. The molecule has 0 spiro atoms. The van der Waals surface area contributed by atoms with Gasteiger partial charge in [-0.3, -0.25) is 4.79 Å². The fourth-order valence-electron chi connectivity index (χ4n) is 2.05. The highest BCUT2D eigenvalue weighted by molar-refractivity contribution is 7.89. The second-order valence-electron chi connectivity index (χ2n) is 5.24. The van der Waals surface area contributed by atoms with Crippen molar-refractivity contribution in [1.29, 1.82) is 0 Å². The van der Waals surface area contributed by atoms with Gasteiger partial charge in [0.15, 0.2) is 9.84 Å². The van der Waals surface area contributed by atoms with Gasteiger partial charge in [0.05, 0.1) is 5.75 Å². The van der Waals surface area contributed by atoms with Gasteiger partial charge in [-0.25, -0.2) is 8.42 Å². The molecule has 0 aliphatic heterocycles. The average molecular weight is 343 g/mol. The maximum absolute atomic E-state index is 12.2. The highest BCUT2D eigenvalue weighted by Gasteiger charge is 2.09. The van der Waals surface area contributed by atoms with Crippen LogP contribution >= 0.6 is 0 Å². The molecule has 0 fully saturated rings. The fraction of sp³-hybridized carbons (Fsp3) is 0.167. The lowest BCUT2D eigenvalue weighted by atomic mass is 10.1. The van der Waals surface area contributed by atoms with Gasteiger partial charge in [0.1, 0.15) is 12.4 Å². The molecule has 0 aromatic heterocycles. The molecule has 124 valence electrons. The van der Waals surface area contributed by atoms with Crippen LogP contribution in [0.3, 0.4) is 0 Å². The van der Waals surface area contributed by atoms with Crippen LogP contribution in [0.1, 0.15) is 15.9 Å². The van der Waals surface area contributed by atoms with Crippen LogP contribution in [0.4, 0.5) is 5.69 Å². The summed E-state index contributed by atoms with van der Waals surface area (Å²) in [7, 11) is -3.10. The molecule has 0 atom stereocenters. The number of sulfone groups is 1. The smallest absolute Gasteiger partial charge is 0.255 e. The number of terminal acetylenes is 1. The quantitative estimate of drug-likeness (QED) is 0.818. The summed E-state index contributed by atoms with van der Waals surface area (Å²) in [5.74, 6) is 2.59. The average Bonchev–Trinajstić information content (AvgIpc) is 2.52. The zero-order valence-electron chi connectivity index (χ0n) is 13.2. The van der Waals surface area contributed by atoms with Crippen LogP contribution in [0, 0.1) is 12.3 Å². The summed E-state index contributed by atoms with van der Waals surface area (Å²) >= 11 is 0. The van der Waals surface area contributed by atoms with E-state index in [1.54, 1.807) is 48.5 Å². The van der Waals surface area contributed by atoms with Crippen LogP contribution in [0.15, 0.2) is 48.5 Å². The van der Waals surface area contributed by atoms with E-state index in [9.17, 15) is 13.2 Å². The lowest BCUT2D eigenvalue weighted by Gasteiger charge is -2.08. The molecule has 2 aromatic carbocycles. The zero-order chi connectivity index (χ0) is 17.6. The summed E-state index contributed by atoms with van der Waals surface area (Å²) in [5, 5.41) is 2.75. The topological polar surface area (TPSA) is 72.5 Å². The predicted octanol–water partition coefficient (Wildman–Crippen LogP) is 2.50. The second-order valence-corrected chi connectivity index (χ2v) is 7.38. The van der Waals surface area contributed by atoms with Gasteiger partial charge >= 0.3 is 0 Å². The number of ether oxygens (including phenoxy) is 1. The lowest BCUT2D eigenvalue weighted by molar-refractivity contribution is 0.102. The normalized spacial score (nSPS) is 10.7. The van der Waals surface area contributed by atoms with Gasteiger partial charge in [-0.1, -0.05) is 24.1 Å². The zero-order valence-corrected chi connectivity index (χ0v) is 14.0. The van der Waals surface area contributed by atoms with E-state index in [0.717, 1.165) is 0 Å². The Labute approximate surface area is 141 Å². The van der Waals surface area contributed by atoms with Crippen molar-refractivity contribution in [3.8, 4) is 18.1 Å². The molecule has 0 aliphatic rings. The van der Waals surface area contributed by atoms with Crippen molar-refractivity contribution >= 4 is 21.4 Å². The van der Waals surface area contributed by atoms with E-state index >= 15 is 0 Å². The van der Waals surface area contributed by atoms with Gasteiger partial charge in [0.25, 0.3) is 5.91 Å². The van der Waals surface area contributed by atoms with Crippen molar-refractivity contribution in [2.75, 3.05) is 18.2 Å². The Morgan fingerprint density at radius 3 is 2.54 bits per heavy atom. The molecule has 0 aliphatic carbocycles. The molecule has 2 rings (SSSR count). The Balaban J connectivity index is 2.06. The number of carbonyl (C=O) groups is 1. The van der Waals surface area contributed by atoms with Crippen molar-refractivity contribution in [1.82, 2.24) is 0 Å². The Hall–Kier alpha value is -2.78. The first-order valence-electron chi connectivity index (χ1n) is 7.12. The van der Waals surface area contributed by atoms with E-state index in [1.165, 1.54) is 6.26 Å². The number of hydrogen-bond acceptors (Lipinski definition) is 4. The largest absolute Gasteiger partial charge is 0.481 e. The molecule has 6 heteroatoms. The molecule has 5 nitrogen and oxygen atoms in total. The number of anilines is 1. The summed E-state index contributed by atoms with van der Waals surface area (Å²) in [6.07, 6.45) is 6.31. The molecule has 0 heterocycles. The highest BCUT2D eigenvalue weighted by Crippen LogP contribution is 2.18. The van der Waals surface area contributed by atoms with Crippen LogP contribution in [0.25, 0.3) is 0 Å². The van der Waals surface area contributed by atoms with Gasteiger partial charge in [-0.05, 0) is 29.8 Å². The molecule has 0 bridgehead atoms. The minimum atomic E-state index is -3.10. The number of nitrogens with one attached hydrogen (secondary N) is 1. The third-order valence-corrected chi connectivity index (χ3v) is 3.92. The Morgan fingerprint density at radius 2 is 1.92 bits per heavy atom. The first-order chi connectivity index (χ1) is 11.4. The summed E-state index contributed by atoms with van der Waals surface area (Å²) in [5.41, 5.74) is 1.65. The predicted molar refractivity (Wildman–Crippen MR) is 93.7 cm³/mol. The second kappa shape index (κ2) is 7.66. The van der Waals surface area contributed by atoms with E-state index in [2.05, 4.69) is 11.2 Å². The van der Waals surface area contributed by atoms with Crippen molar-refractivity contribution in [3.63, 3.8) is 0 Å². The van der Waals surface area contributed by atoms with Crippen LogP contribution < -0.4 is 10.1 Å². The monoisotopic (exact) mass is 343 g/mol. The van der Waals surface area contributed by atoms with Crippen LogP contribution in [0.5, 0.6) is 5.75 Å². The van der Waals surface area contributed by atoms with Crippen molar-refractivity contribution in [2.45, 2.75) is 5.75 Å². The Kier molecular flexibility index (Phi) is 5.61. The van der Waals surface area contributed by atoms with E-state index in [-0.39, 0.29) is 18.3 Å². The summed E-state index contributed by atoms with van der Waals surface area (Å²) < 4.78 is 27.8. The van der Waals surface area contributed by atoms with Crippen LogP contribution in [-0.4, -0.2) is 27.2 Å². The number of amides is 1. The number of rotatable bonds is 6. The molecule has 0 radical (unpaired) electrons. The van der Waals surface area contributed by atoms with E-state index < -0.39 is 9.84 Å². The van der Waals surface area contributed by atoms with Crippen LogP contribution in [-0.2, 0) is 15.6 Å². The van der Waals surface area contributed by atoms with Crippen molar-refractivity contribution < 1.29 is 17.9 Å². The van der Waals surface area contributed by atoms with E-state index in [4.69, 9.17) is 11.2 Å². The number of carbonyl (C=O) groups excluding carboxylic acids is 1. The molecule has 0 saturated carbocycles. The standard InChI is InChI=1S/C18H17NO4S/c1-3-11-23-17-6-4-5-16(12-17)19-18(20)15-9-7-14(8-10-15)13-24(2,21)22/h1,4-10,12H,11,13H2,2H3,(H,19,20). The summed E-state index contributed by atoms with van der Waals surface area (Å²) in [6, 6.07) is 13.3. The van der Waals surface area contributed by atoms with Crippen molar-refractivity contribution in [2.24, 2.45) is 0 Å². The minimum Gasteiger partial charge on any atom is -0.481 e. The van der Waals surface area contributed by atoms with E-state index in [0.29, 0.717) is 22.6 Å². The van der Waals surface area contributed by atoms with Crippen molar-refractivity contribution in [3.05, 3.63) is 59.7 Å². The molecule has 0 unspecified atom stereocenters. The number of benzene rings is 2. The van der Waals surface area contributed by atoms with Gasteiger partial charge in [0, 0.05) is 23.6 Å². The van der Waals surface area contributed by atoms with Gasteiger partial charge in [0.2, 0.25) is 0 Å². The van der Waals surface area contributed by atoms with Crippen LogP contribution in [0.2, 0.25) is 0 Å². The Morgan fingerprint density at radius 1 is 1.21 bits per heavy atom. The van der Waals surface area contributed by atoms with Gasteiger partial charge in [-0.2, -0.15) is 0 Å². The molecule has 2 aromatic rings. The van der Waals surface area contributed by atoms with E-state index in [1.807, 2.05) is 0 Å². The first kappa shape index (κ1) is 17.6. The summed E-state index contributed by atoms with van der Waals surface area (Å²) in [6.45, 7) is 0.152. The minimum absolute atomic E-state index is 0.0521. The van der Waals surface area contributed by atoms with Gasteiger partial charge in [-0.15, -0.1) is 6.42 Å². The highest BCUT2D eigenvalue weighted by atomic mass is 32.2. The van der Waals surface area contributed by atoms with Gasteiger partial charge < -0.3 is 10.1 Å². The SMILES string of the molecule is C#CCOc1cccc(NC(=O)c2ccc(CS(C)(=O)=O)cc2)c1. The summed E-state index contributed by atoms with van der Waals surface area (Å²) in [4.78, 5) is 12.2. The molecular formula is C18H17NO4S. The first-order valence-corrected chi connectivity index (χ1v) is 9.18. The fourth-order valence-corrected chi connectivity index (χ4v) is 2.84. The maximum Gasteiger partial charge on any atom is 0.255 e. The lowest BCUT2D eigenvalue weighted by Crippen LogP contribution is -2.12. The molecule has 0 saturated heterocycles. The molecular weight excluding hydrogens is 326 g/mol. The molecule has 1 N–H and O–H groups in total. The molecule has 1 amide bonds. The molecule has 24 heavy (non-hydrogen) atoms.